The third kappa shape index (κ3) is 3.28. The third-order valence-electron chi connectivity index (χ3n) is 1.34. The minimum atomic E-state index is -3.50. The largest absolute Gasteiger partial charge is 0.453 e. The summed E-state index contributed by atoms with van der Waals surface area (Å²) in [6, 6.07) is -0.175. The second-order valence-electron chi connectivity index (χ2n) is 2.67. The number of aromatic nitrogens is 2. The van der Waals surface area contributed by atoms with E-state index in [2.05, 4.69) is 15.9 Å². The van der Waals surface area contributed by atoms with Crippen LogP contribution in [0.3, 0.4) is 0 Å². The van der Waals surface area contributed by atoms with Gasteiger partial charge in [0.15, 0.2) is 6.61 Å². The van der Waals surface area contributed by atoms with E-state index in [9.17, 15) is 13.2 Å². The summed E-state index contributed by atoms with van der Waals surface area (Å²) in [5.41, 5.74) is 4.83. The Morgan fingerprint density at radius 1 is 1.62 bits per heavy atom. The molecule has 7 nitrogen and oxygen atoms in total. The molecule has 1 rings (SSSR count). The average Bonchev–Trinajstić information content (AvgIpc) is 2.63. The first-order valence-electron chi connectivity index (χ1n) is 4.04. The second-order valence-corrected chi connectivity index (χ2v) is 5.63. The molecule has 2 N–H and O–H groups in total. The lowest BCUT2D eigenvalue weighted by Crippen LogP contribution is -2.20. The average molecular weight is 263 g/mol. The number of primary amides is 1. The monoisotopic (exact) mass is 263 g/mol. The summed E-state index contributed by atoms with van der Waals surface area (Å²) in [5.74, 6) is -0.914. The molecule has 9 heteroatoms. The van der Waals surface area contributed by atoms with Crippen LogP contribution < -0.4 is 10.5 Å². The van der Waals surface area contributed by atoms with Gasteiger partial charge in [0.25, 0.3) is 5.91 Å². The van der Waals surface area contributed by atoms with Gasteiger partial charge in [0.2, 0.25) is 14.2 Å². The van der Waals surface area contributed by atoms with Crippen molar-refractivity contribution in [1.82, 2.24) is 9.36 Å². The zero-order valence-corrected chi connectivity index (χ0v) is 9.75. The van der Waals surface area contributed by atoms with Gasteiger partial charge in [-0.3, -0.25) is 4.79 Å². The van der Waals surface area contributed by atoms with E-state index in [1.54, 1.807) is 0 Å². The smallest absolute Gasteiger partial charge is 0.330 e. The van der Waals surface area contributed by atoms with Crippen LogP contribution in [0.1, 0.15) is 0 Å². The van der Waals surface area contributed by atoms with Crippen LogP contribution in [0.5, 0.6) is 6.01 Å². The van der Waals surface area contributed by atoms with E-state index in [0.717, 1.165) is 0 Å². The molecule has 0 atom stereocenters. The van der Waals surface area contributed by atoms with Crippen molar-refractivity contribution in [3.63, 3.8) is 0 Å². The van der Waals surface area contributed by atoms with Crippen molar-refractivity contribution in [2.45, 2.75) is 4.34 Å². The van der Waals surface area contributed by atoms with Gasteiger partial charge in [-0.15, -0.1) is 11.0 Å². The summed E-state index contributed by atoms with van der Waals surface area (Å²) in [4.78, 5) is 14.0. The summed E-state index contributed by atoms with van der Waals surface area (Å²) in [6.45, 7) is 2.93. The lowest BCUT2D eigenvalue weighted by atomic mass is 10.7. The van der Waals surface area contributed by atoms with Gasteiger partial charge in [-0.25, -0.2) is 8.42 Å². The van der Waals surface area contributed by atoms with Crippen molar-refractivity contribution in [3.8, 4) is 6.01 Å². The van der Waals surface area contributed by atoms with Gasteiger partial charge >= 0.3 is 6.01 Å². The lowest BCUT2D eigenvalue weighted by molar-refractivity contribution is -0.120. The van der Waals surface area contributed by atoms with Crippen molar-refractivity contribution < 1.29 is 17.9 Å². The number of hydrogen-bond acceptors (Lipinski definition) is 7. The Morgan fingerprint density at radius 3 is 2.88 bits per heavy atom. The van der Waals surface area contributed by atoms with Crippen LogP contribution in [-0.2, 0) is 14.6 Å². The highest BCUT2D eigenvalue weighted by molar-refractivity contribution is 7.93. The Labute approximate surface area is 96.0 Å². The second kappa shape index (κ2) is 5.03. The molecule has 0 radical (unpaired) electrons. The molecule has 0 bridgehead atoms. The molecular formula is C7H9N3O4S2. The number of carbonyl (C=O) groups is 1. The van der Waals surface area contributed by atoms with E-state index in [4.69, 9.17) is 10.5 Å². The van der Waals surface area contributed by atoms with Crippen molar-refractivity contribution in [2.24, 2.45) is 5.73 Å². The van der Waals surface area contributed by atoms with Crippen LogP contribution in [0, 0.1) is 0 Å². The number of ether oxygens (including phenoxy) is 1. The molecule has 0 saturated heterocycles. The number of amides is 1. The highest BCUT2D eigenvalue weighted by Crippen LogP contribution is 2.17. The fourth-order valence-electron chi connectivity index (χ4n) is 0.744. The topological polar surface area (TPSA) is 112 Å². The van der Waals surface area contributed by atoms with E-state index in [0.29, 0.717) is 11.5 Å². The maximum absolute atomic E-state index is 11.5. The van der Waals surface area contributed by atoms with Gasteiger partial charge in [0, 0.05) is 11.5 Å². The molecule has 1 amide bonds. The van der Waals surface area contributed by atoms with E-state index >= 15 is 0 Å². The molecule has 0 aliphatic rings. The molecule has 1 aromatic rings. The molecule has 0 spiro atoms. The highest BCUT2D eigenvalue weighted by atomic mass is 32.2. The molecule has 1 aromatic heterocycles. The Bertz CT molecular complexity index is 493. The molecule has 0 aliphatic heterocycles. The van der Waals surface area contributed by atoms with Crippen LogP contribution in [0.2, 0.25) is 0 Å². The molecule has 0 fully saturated rings. The molecule has 1 heterocycles. The molecule has 88 valence electrons. The minimum Gasteiger partial charge on any atom is -0.453 e. The van der Waals surface area contributed by atoms with Crippen LogP contribution in [0.25, 0.3) is 0 Å². The zero-order valence-electron chi connectivity index (χ0n) is 8.12. The molecule has 0 aliphatic carbocycles. The summed E-state index contributed by atoms with van der Waals surface area (Å²) in [5, 5.41) is 0. The minimum absolute atomic E-state index is 0.174. The lowest BCUT2D eigenvalue weighted by Gasteiger charge is -1.95. The number of rotatable bonds is 6. The molecular weight excluding hydrogens is 254 g/mol. The zero-order chi connectivity index (χ0) is 12.2. The standard InChI is InChI=1S/C7H9N3O4S2/c1-2-3-16(12,13)7-9-6(10-15-7)14-4-5(8)11/h2H,1,3-4H2,(H2,8,11). The van der Waals surface area contributed by atoms with Crippen LogP contribution >= 0.6 is 11.5 Å². The van der Waals surface area contributed by atoms with Crippen LogP contribution in [0.15, 0.2) is 17.0 Å². The number of nitrogens with two attached hydrogens (primary N) is 1. The Hall–Kier alpha value is -1.48. The Kier molecular flexibility index (Phi) is 3.96. The maximum atomic E-state index is 11.5. The number of hydrogen-bond donors (Lipinski definition) is 1. The van der Waals surface area contributed by atoms with Crippen LogP contribution in [0.4, 0.5) is 0 Å². The van der Waals surface area contributed by atoms with Gasteiger partial charge in [0.1, 0.15) is 0 Å². The first-order valence-corrected chi connectivity index (χ1v) is 6.46. The van der Waals surface area contributed by atoms with Gasteiger partial charge < -0.3 is 10.5 Å². The maximum Gasteiger partial charge on any atom is 0.330 e. The molecule has 0 aromatic carbocycles. The van der Waals surface area contributed by atoms with Crippen molar-refractivity contribution >= 4 is 27.3 Å². The van der Waals surface area contributed by atoms with Gasteiger partial charge in [-0.1, -0.05) is 6.08 Å². The van der Waals surface area contributed by atoms with E-state index in [1.807, 2.05) is 0 Å². The number of sulfone groups is 1. The highest BCUT2D eigenvalue weighted by Gasteiger charge is 2.19. The van der Waals surface area contributed by atoms with Crippen LogP contribution in [-0.4, -0.2) is 36.0 Å². The van der Waals surface area contributed by atoms with Gasteiger partial charge in [-0.05, 0) is 0 Å². The summed E-state index contributed by atoms with van der Waals surface area (Å²) in [7, 11) is -3.50. The van der Waals surface area contributed by atoms with E-state index < -0.39 is 22.4 Å². The summed E-state index contributed by atoms with van der Waals surface area (Å²) in [6.07, 6.45) is 1.25. The predicted octanol–water partition coefficient (Wildman–Crippen LogP) is -0.638. The fraction of sp³-hybridized carbons (Fsp3) is 0.286. The summed E-state index contributed by atoms with van der Waals surface area (Å²) >= 11 is 0.674. The van der Waals surface area contributed by atoms with Gasteiger partial charge in [0.05, 0.1) is 5.75 Å². The van der Waals surface area contributed by atoms with Crippen molar-refractivity contribution in [2.75, 3.05) is 12.4 Å². The van der Waals surface area contributed by atoms with E-state index in [-0.39, 0.29) is 16.1 Å². The van der Waals surface area contributed by atoms with Crippen molar-refractivity contribution in [1.29, 1.82) is 0 Å². The normalized spacial score (nSPS) is 11.0. The number of carbonyl (C=O) groups excluding carboxylic acids is 1. The Morgan fingerprint density at radius 2 is 2.31 bits per heavy atom. The molecule has 16 heavy (non-hydrogen) atoms. The quantitative estimate of drug-likeness (QED) is 0.683. The van der Waals surface area contributed by atoms with E-state index in [1.165, 1.54) is 6.08 Å². The summed E-state index contributed by atoms with van der Waals surface area (Å²) < 4.78 is 31.1. The molecule has 0 saturated carbocycles. The SMILES string of the molecule is C=CCS(=O)(=O)c1nc(OCC(N)=O)ns1. The molecule has 0 unspecified atom stereocenters. The first kappa shape index (κ1) is 12.6. The number of nitrogens with zero attached hydrogens (tertiary/aromatic N) is 2. The fourth-order valence-corrected chi connectivity index (χ4v) is 2.55. The van der Waals surface area contributed by atoms with Gasteiger partial charge in [-0.2, -0.15) is 4.98 Å². The first-order chi connectivity index (χ1) is 7.45. The Balaban J connectivity index is 2.79. The van der Waals surface area contributed by atoms with Crippen molar-refractivity contribution in [3.05, 3.63) is 12.7 Å². The third-order valence-corrected chi connectivity index (χ3v) is 4.11. The predicted molar refractivity (Wildman–Crippen MR) is 56.8 cm³/mol.